The normalized spacial score (nSPS) is 9.76. The number of nitrogens with zero attached hydrogens (tertiary/aromatic N) is 2. The molecule has 0 bridgehead atoms. The summed E-state index contributed by atoms with van der Waals surface area (Å²) in [5.41, 5.74) is 1.06. The summed E-state index contributed by atoms with van der Waals surface area (Å²) in [5.74, 6) is -0.447. The molecule has 0 saturated carbocycles. The summed E-state index contributed by atoms with van der Waals surface area (Å²) in [6.07, 6.45) is 0.222. The highest BCUT2D eigenvalue weighted by molar-refractivity contribution is 5.92. The molecule has 0 saturated heterocycles. The lowest BCUT2D eigenvalue weighted by atomic mass is 10.2. The van der Waals surface area contributed by atoms with Crippen molar-refractivity contribution in [2.45, 2.75) is 6.54 Å². The van der Waals surface area contributed by atoms with Crippen molar-refractivity contribution in [1.29, 1.82) is 0 Å². The van der Waals surface area contributed by atoms with Crippen molar-refractivity contribution < 1.29 is 19.1 Å². The fraction of sp³-hybridized carbons (Fsp3) is 0.143. The van der Waals surface area contributed by atoms with E-state index in [2.05, 4.69) is 20.0 Å². The number of carbonyl (C=O) groups is 2. The Morgan fingerprint density at radius 1 is 1.19 bits per heavy atom. The van der Waals surface area contributed by atoms with E-state index in [4.69, 9.17) is 4.74 Å². The average molecular weight is 287 g/mol. The van der Waals surface area contributed by atoms with E-state index in [-0.39, 0.29) is 11.6 Å². The number of benzene rings is 1. The molecule has 0 atom stereocenters. The molecule has 108 valence electrons. The molecule has 1 aromatic heterocycles. The van der Waals surface area contributed by atoms with Gasteiger partial charge in [-0.1, -0.05) is 30.3 Å². The standard InChI is InChI=1S/C14H13N3O4/c1-20-14(19)21-12-7-11(16-9-17-12)13(18)15-8-10-5-3-2-4-6-10/h2-7,9H,8H2,1H3,(H,15,18). The van der Waals surface area contributed by atoms with Crippen molar-refractivity contribution in [2.75, 3.05) is 7.11 Å². The third kappa shape index (κ3) is 4.27. The van der Waals surface area contributed by atoms with E-state index in [0.29, 0.717) is 6.54 Å². The number of methoxy groups -OCH3 is 1. The molecule has 0 aliphatic rings. The van der Waals surface area contributed by atoms with E-state index in [1.807, 2.05) is 30.3 Å². The van der Waals surface area contributed by atoms with E-state index in [0.717, 1.165) is 11.9 Å². The van der Waals surface area contributed by atoms with Crippen LogP contribution in [0.2, 0.25) is 0 Å². The first kappa shape index (κ1) is 14.4. The van der Waals surface area contributed by atoms with Crippen molar-refractivity contribution in [2.24, 2.45) is 0 Å². The van der Waals surface area contributed by atoms with Gasteiger partial charge in [-0.15, -0.1) is 0 Å². The number of nitrogens with one attached hydrogen (secondary N) is 1. The maximum Gasteiger partial charge on any atom is 0.514 e. The molecule has 2 aromatic rings. The number of hydrogen-bond donors (Lipinski definition) is 1. The Labute approximate surface area is 120 Å². The highest BCUT2D eigenvalue weighted by atomic mass is 16.7. The molecule has 21 heavy (non-hydrogen) atoms. The Morgan fingerprint density at radius 2 is 1.95 bits per heavy atom. The molecule has 1 aromatic carbocycles. The first-order valence-electron chi connectivity index (χ1n) is 6.09. The number of amides is 1. The van der Waals surface area contributed by atoms with Gasteiger partial charge in [-0.05, 0) is 5.56 Å². The number of carbonyl (C=O) groups excluding carboxylic acids is 2. The van der Waals surface area contributed by atoms with Gasteiger partial charge >= 0.3 is 6.16 Å². The second-order valence-corrected chi connectivity index (χ2v) is 3.97. The maximum absolute atomic E-state index is 12.0. The topological polar surface area (TPSA) is 90.4 Å². The van der Waals surface area contributed by atoms with Crippen LogP contribution in [0.1, 0.15) is 16.1 Å². The summed E-state index contributed by atoms with van der Waals surface area (Å²) in [7, 11) is 1.18. The highest BCUT2D eigenvalue weighted by Gasteiger charge is 2.11. The summed E-state index contributed by atoms with van der Waals surface area (Å²) < 4.78 is 9.06. The van der Waals surface area contributed by atoms with E-state index >= 15 is 0 Å². The van der Waals surface area contributed by atoms with Crippen LogP contribution in [0.15, 0.2) is 42.7 Å². The third-order valence-electron chi connectivity index (χ3n) is 2.53. The molecule has 1 heterocycles. The molecule has 2 rings (SSSR count). The second-order valence-electron chi connectivity index (χ2n) is 3.97. The summed E-state index contributed by atoms with van der Waals surface area (Å²) in [6, 6.07) is 10.7. The van der Waals surface area contributed by atoms with Crippen molar-refractivity contribution in [3.8, 4) is 5.88 Å². The van der Waals surface area contributed by atoms with Crippen LogP contribution in [0.25, 0.3) is 0 Å². The lowest BCUT2D eigenvalue weighted by Crippen LogP contribution is -2.24. The van der Waals surface area contributed by atoms with Crippen LogP contribution in [0.3, 0.4) is 0 Å². The van der Waals surface area contributed by atoms with Gasteiger partial charge in [0.2, 0.25) is 5.88 Å². The molecule has 0 unspecified atom stereocenters. The monoisotopic (exact) mass is 287 g/mol. The molecule has 0 spiro atoms. The van der Waals surface area contributed by atoms with Gasteiger partial charge in [-0.2, -0.15) is 0 Å². The van der Waals surface area contributed by atoms with E-state index in [1.165, 1.54) is 13.2 Å². The zero-order valence-corrected chi connectivity index (χ0v) is 11.3. The van der Waals surface area contributed by atoms with Crippen LogP contribution in [-0.4, -0.2) is 29.1 Å². The number of ether oxygens (including phenoxy) is 2. The van der Waals surface area contributed by atoms with E-state index in [1.54, 1.807) is 0 Å². The molecular weight excluding hydrogens is 274 g/mol. The van der Waals surface area contributed by atoms with Gasteiger partial charge in [0.1, 0.15) is 12.0 Å². The molecule has 7 nitrogen and oxygen atoms in total. The quantitative estimate of drug-likeness (QED) is 0.858. The minimum atomic E-state index is -0.913. The predicted octanol–water partition coefficient (Wildman–Crippen LogP) is 1.55. The van der Waals surface area contributed by atoms with Crippen LogP contribution in [0.4, 0.5) is 4.79 Å². The molecule has 0 radical (unpaired) electrons. The van der Waals surface area contributed by atoms with E-state index in [9.17, 15) is 9.59 Å². The Bertz CT molecular complexity index is 631. The molecule has 1 amide bonds. The lowest BCUT2D eigenvalue weighted by Gasteiger charge is -2.06. The minimum Gasteiger partial charge on any atom is -0.437 e. The van der Waals surface area contributed by atoms with Gasteiger partial charge < -0.3 is 14.8 Å². The van der Waals surface area contributed by atoms with Crippen molar-refractivity contribution >= 4 is 12.1 Å². The molecule has 7 heteroatoms. The summed E-state index contributed by atoms with van der Waals surface area (Å²) in [6.45, 7) is 0.372. The summed E-state index contributed by atoms with van der Waals surface area (Å²) >= 11 is 0. The molecule has 1 N–H and O–H groups in total. The first-order chi connectivity index (χ1) is 10.2. The third-order valence-corrected chi connectivity index (χ3v) is 2.53. The Morgan fingerprint density at radius 3 is 2.67 bits per heavy atom. The van der Waals surface area contributed by atoms with Crippen molar-refractivity contribution in [1.82, 2.24) is 15.3 Å². The fourth-order valence-corrected chi connectivity index (χ4v) is 1.52. The second kappa shape index (κ2) is 6.99. The van der Waals surface area contributed by atoms with Gasteiger partial charge in [0.15, 0.2) is 0 Å². The highest BCUT2D eigenvalue weighted by Crippen LogP contribution is 2.08. The number of hydrogen-bond acceptors (Lipinski definition) is 6. The molecule has 0 aliphatic heterocycles. The largest absolute Gasteiger partial charge is 0.514 e. The Kier molecular flexibility index (Phi) is 4.81. The van der Waals surface area contributed by atoms with Crippen molar-refractivity contribution in [3.63, 3.8) is 0 Å². The van der Waals surface area contributed by atoms with Crippen LogP contribution in [0, 0.1) is 0 Å². The SMILES string of the molecule is COC(=O)Oc1cc(C(=O)NCc2ccccc2)ncn1. The van der Waals surface area contributed by atoms with E-state index < -0.39 is 12.1 Å². The molecule has 0 aliphatic carbocycles. The summed E-state index contributed by atoms with van der Waals surface area (Å²) in [5, 5.41) is 2.71. The lowest BCUT2D eigenvalue weighted by molar-refractivity contribution is 0.0943. The smallest absolute Gasteiger partial charge is 0.437 e. The van der Waals surface area contributed by atoms with Gasteiger partial charge in [-0.25, -0.2) is 14.8 Å². The fourth-order valence-electron chi connectivity index (χ4n) is 1.52. The zero-order chi connectivity index (χ0) is 15.1. The number of rotatable bonds is 4. The van der Waals surface area contributed by atoms with Crippen LogP contribution >= 0.6 is 0 Å². The van der Waals surface area contributed by atoms with Crippen LogP contribution in [0.5, 0.6) is 5.88 Å². The summed E-state index contributed by atoms with van der Waals surface area (Å²) in [4.78, 5) is 30.5. The van der Waals surface area contributed by atoms with Crippen molar-refractivity contribution in [3.05, 3.63) is 54.0 Å². The van der Waals surface area contributed by atoms with Gasteiger partial charge in [-0.3, -0.25) is 4.79 Å². The Hall–Kier alpha value is -2.96. The molecule has 0 fully saturated rings. The van der Waals surface area contributed by atoms with Gasteiger partial charge in [0, 0.05) is 12.6 Å². The first-order valence-corrected chi connectivity index (χ1v) is 6.09. The van der Waals surface area contributed by atoms with Crippen LogP contribution in [-0.2, 0) is 11.3 Å². The zero-order valence-electron chi connectivity index (χ0n) is 11.3. The van der Waals surface area contributed by atoms with Gasteiger partial charge in [0.05, 0.1) is 7.11 Å². The predicted molar refractivity (Wildman–Crippen MR) is 72.7 cm³/mol. The number of aromatic nitrogens is 2. The molecular formula is C14H13N3O4. The maximum atomic E-state index is 12.0. The Balaban J connectivity index is 1.99. The average Bonchev–Trinajstić information content (AvgIpc) is 2.53. The van der Waals surface area contributed by atoms with Gasteiger partial charge in [0.25, 0.3) is 5.91 Å². The minimum absolute atomic E-state index is 0.0540. The van der Waals surface area contributed by atoms with Crippen LogP contribution < -0.4 is 10.1 Å².